The van der Waals surface area contributed by atoms with Gasteiger partial charge in [0.1, 0.15) is 23.4 Å². The molecule has 3 rings (SSSR count). The molecule has 2 heterocycles. The Morgan fingerprint density at radius 2 is 2.13 bits per heavy atom. The van der Waals surface area contributed by atoms with Gasteiger partial charge in [-0.1, -0.05) is 0 Å². The topological polar surface area (TPSA) is 84.4 Å². The van der Waals surface area contributed by atoms with Crippen LogP contribution < -0.4 is 15.2 Å². The van der Waals surface area contributed by atoms with Crippen molar-refractivity contribution >= 4 is 5.82 Å². The molecule has 0 aliphatic carbocycles. The van der Waals surface area contributed by atoms with Crippen LogP contribution in [0.15, 0.2) is 24.4 Å². The Balaban J connectivity index is 1.85. The molecule has 1 aliphatic rings. The molecule has 1 aromatic heterocycles. The van der Waals surface area contributed by atoms with E-state index >= 15 is 0 Å². The number of nitrogens with zero attached hydrogens (tertiary/aromatic N) is 3. The smallest absolute Gasteiger partial charge is 0.141 e. The van der Waals surface area contributed by atoms with Crippen LogP contribution in [0, 0.1) is 11.3 Å². The molecular weight excluding hydrogens is 292 g/mol. The van der Waals surface area contributed by atoms with Crippen molar-refractivity contribution in [1.82, 2.24) is 9.88 Å². The van der Waals surface area contributed by atoms with E-state index in [1.165, 1.54) is 0 Å². The summed E-state index contributed by atoms with van der Waals surface area (Å²) < 4.78 is 10.7. The first kappa shape index (κ1) is 15.1. The van der Waals surface area contributed by atoms with Crippen LogP contribution in [0.4, 0.5) is 5.82 Å². The van der Waals surface area contributed by atoms with Crippen molar-refractivity contribution in [2.45, 2.75) is 19.6 Å². The Morgan fingerprint density at radius 1 is 1.30 bits per heavy atom. The molecule has 2 N–H and O–H groups in total. The number of ether oxygens (including phenoxy) is 2. The number of methoxy groups -OCH3 is 2. The first-order valence-corrected chi connectivity index (χ1v) is 7.25. The van der Waals surface area contributed by atoms with Gasteiger partial charge in [-0.15, -0.1) is 0 Å². The van der Waals surface area contributed by atoms with Crippen molar-refractivity contribution in [3.63, 3.8) is 0 Å². The van der Waals surface area contributed by atoms with Crippen molar-refractivity contribution in [3.8, 4) is 17.6 Å². The third kappa shape index (κ3) is 2.79. The van der Waals surface area contributed by atoms with Crippen LogP contribution in [0.25, 0.3) is 0 Å². The van der Waals surface area contributed by atoms with E-state index in [0.29, 0.717) is 24.5 Å². The molecule has 0 spiro atoms. The number of anilines is 1. The van der Waals surface area contributed by atoms with Gasteiger partial charge in [-0.05, 0) is 29.3 Å². The van der Waals surface area contributed by atoms with Crippen LogP contribution in [-0.4, -0.2) is 24.1 Å². The number of aromatic nitrogens is 1. The molecule has 23 heavy (non-hydrogen) atoms. The molecule has 6 nitrogen and oxygen atoms in total. The Bertz CT molecular complexity index is 783. The number of nitriles is 1. The molecule has 0 radical (unpaired) electrons. The fourth-order valence-electron chi connectivity index (χ4n) is 2.93. The molecule has 0 saturated heterocycles. The van der Waals surface area contributed by atoms with Crippen molar-refractivity contribution < 1.29 is 9.47 Å². The van der Waals surface area contributed by atoms with Gasteiger partial charge in [-0.2, -0.15) is 5.26 Å². The van der Waals surface area contributed by atoms with Gasteiger partial charge in [0.25, 0.3) is 0 Å². The molecule has 2 aromatic rings. The van der Waals surface area contributed by atoms with E-state index in [-0.39, 0.29) is 0 Å². The number of hydrogen-bond acceptors (Lipinski definition) is 6. The normalized spacial score (nSPS) is 13.4. The first-order chi connectivity index (χ1) is 11.2. The SMILES string of the molecule is COc1ccc(OC)c(CN2Cc3cnc(N)c(C#N)c3C2)c1. The van der Waals surface area contributed by atoms with Gasteiger partial charge in [0.15, 0.2) is 0 Å². The van der Waals surface area contributed by atoms with Gasteiger partial charge in [-0.3, -0.25) is 4.90 Å². The molecule has 0 atom stereocenters. The van der Waals surface area contributed by atoms with Crippen molar-refractivity contribution in [3.05, 3.63) is 46.6 Å². The maximum absolute atomic E-state index is 9.28. The zero-order valence-corrected chi connectivity index (χ0v) is 13.2. The Labute approximate surface area is 135 Å². The maximum atomic E-state index is 9.28. The van der Waals surface area contributed by atoms with Crippen LogP contribution in [0.3, 0.4) is 0 Å². The molecule has 0 unspecified atom stereocenters. The van der Waals surface area contributed by atoms with Crippen LogP contribution in [0.2, 0.25) is 0 Å². The van der Waals surface area contributed by atoms with E-state index in [0.717, 1.165) is 34.7 Å². The largest absolute Gasteiger partial charge is 0.497 e. The minimum Gasteiger partial charge on any atom is -0.497 e. The summed E-state index contributed by atoms with van der Waals surface area (Å²) in [6, 6.07) is 7.91. The number of nitrogens with two attached hydrogens (primary N) is 1. The van der Waals surface area contributed by atoms with Crippen LogP contribution in [-0.2, 0) is 19.6 Å². The summed E-state index contributed by atoms with van der Waals surface area (Å²) >= 11 is 0. The van der Waals surface area contributed by atoms with Gasteiger partial charge in [0.2, 0.25) is 0 Å². The van der Waals surface area contributed by atoms with E-state index in [4.69, 9.17) is 15.2 Å². The number of nitrogen functional groups attached to an aromatic ring is 1. The highest BCUT2D eigenvalue weighted by Gasteiger charge is 2.24. The second-order valence-electron chi connectivity index (χ2n) is 5.46. The van der Waals surface area contributed by atoms with Gasteiger partial charge in [-0.25, -0.2) is 4.98 Å². The lowest BCUT2D eigenvalue weighted by Gasteiger charge is -2.17. The molecule has 0 bridgehead atoms. The highest BCUT2D eigenvalue weighted by atomic mass is 16.5. The quantitative estimate of drug-likeness (QED) is 0.930. The summed E-state index contributed by atoms with van der Waals surface area (Å²) in [4.78, 5) is 6.33. The Kier molecular flexibility index (Phi) is 4.04. The van der Waals surface area contributed by atoms with Crippen molar-refractivity contribution in [2.24, 2.45) is 0 Å². The van der Waals surface area contributed by atoms with Gasteiger partial charge in [0.05, 0.1) is 19.8 Å². The predicted molar refractivity (Wildman–Crippen MR) is 85.9 cm³/mol. The lowest BCUT2D eigenvalue weighted by Crippen LogP contribution is -2.16. The molecule has 1 aromatic carbocycles. The Hall–Kier alpha value is -2.78. The zero-order chi connectivity index (χ0) is 16.4. The predicted octanol–water partition coefficient (Wildman–Crippen LogP) is 2.07. The maximum Gasteiger partial charge on any atom is 0.141 e. The zero-order valence-electron chi connectivity index (χ0n) is 13.2. The van der Waals surface area contributed by atoms with Crippen LogP contribution in [0.5, 0.6) is 11.5 Å². The monoisotopic (exact) mass is 310 g/mol. The summed E-state index contributed by atoms with van der Waals surface area (Å²) in [5.74, 6) is 1.91. The highest BCUT2D eigenvalue weighted by molar-refractivity contribution is 5.56. The molecule has 6 heteroatoms. The second kappa shape index (κ2) is 6.15. The van der Waals surface area contributed by atoms with Gasteiger partial charge < -0.3 is 15.2 Å². The van der Waals surface area contributed by atoms with Gasteiger partial charge >= 0.3 is 0 Å². The highest BCUT2D eigenvalue weighted by Crippen LogP contribution is 2.31. The molecule has 0 amide bonds. The lowest BCUT2D eigenvalue weighted by molar-refractivity contribution is 0.269. The third-order valence-electron chi connectivity index (χ3n) is 4.07. The van der Waals surface area contributed by atoms with E-state index in [9.17, 15) is 5.26 Å². The summed E-state index contributed by atoms with van der Waals surface area (Å²) in [5, 5.41) is 9.28. The summed E-state index contributed by atoms with van der Waals surface area (Å²) in [6.07, 6.45) is 1.76. The summed E-state index contributed by atoms with van der Waals surface area (Å²) in [5.41, 5.74) is 9.35. The average molecular weight is 310 g/mol. The minimum atomic E-state index is 0.298. The molecule has 0 saturated carbocycles. The number of benzene rings is 1. The Morgan fingerprint density at radius 3 is 2.83 bits per heavy atom. The van der Waals surface area contributed by atoms with Crippen LogP contribution >= 0.6 is 0 Å². The first-order valence-electron chi connectivity index (χ1n) is 7.25. The summed E-state index contributed by atoms with van der Waals surface area (Å²) in [7, 11) is 3.30. The van der Waals surface area contributed by atoms with E-state index in [1.54, 1.807) is 20.4 Å². The van der Waals surface area contributed by atoms with E-state index < -0.39 is 0 Å². The van der Waals surface area contributed by atoms with E-state index in [1.807, 2.05) is 18.2 Å². The second-order valence-corrected chi connectivity index (χ2v) is 5.46. The molecule has 1 aliphatic heterocycles. The molecular formula is C17H18N4O2. The average Bonchev–Trinajstić information content (AvgIpc) is 2.97. The lowest BCUT2D eigenvalue weighted by atomic mass is 10.1. The van der Waals surface area contributed by atoms with E-state index in [2.05, 4.69) is 16.0 Å². The third-order valence-corrected chi connectivity index (χ3v) is 4.07. The fourth-order valence-corrected chi connectivity index (χ4v) is 2.93. The van der Waals surface area contributed by atoms with Crippen molar-refractivity contribution in [1.29, 1.82) is 5.26 Å². The number of hydrogen-bond donors (Lipinski definition) is 1. The molecule has 0 fully saturated rings. The van der Waals surface area contributed by atoms with Gasteiger partial charge in [0, 0.05) is 31.4 Å². The number of rotatable bonds is 4. The number of fused-ring (bicyclic) bond motifs is 1. The summed E-state index contributed by atoms with van der Waals surface area (Å²) in [6.45, 7) is 2.10. The fraction of sp³-hybridized carbons (Fsp3) is 0.294. The number of pyridine rings is 1. The standard InChI is InChI=1S/C17H18N4O2/c1-22-13-3-4-16(23-2)11(5-13)8-21-9-12-7-20-17(19)14(6-18)15(12)10-21/h3-5,7H,8-10H2,1-2H3,(H2,19,20). The van der Waals surface area contributed by atoms with Crippen molar-refractivity contribution in [2.75, 3.05) is 20.0 Å². The molecule has 118 valence electrons. The van der Waals surface area contributed by atoms with Crippen LogP contribution in [0.1, 0.15) is 22.3 Å². The minimum absolute atomic E-state index is 0.298.